The van der Waals surface area contributed by atoms with Crippen LogP contribution in [0.15, 0.2) is 36.4 Å². The minimum absolute atomic E-state index is 0.0730. The fraction of sp³-hybridized carbons (Fsp3) is 0.278. The van der Waals surface area contributed by atoms with Crippen LogP contribution >= 0.6 is 11.6 Å². The molecule has 0 spiro atoms. The molecule has 0 radical (unpaired) electrons. The van der Waals surface area contributed by atoms with Crippen LogP contribution in [0.4, 0.5) is 4.39 Å². The van der Waals surface area contributed by atoms with Crippen LogP contribution in [-0.4, -0.2) is 5.97 Å². The highest BCUT2D eigenvalue weighted by atomic mass is 35.5. The van der Waals surface area contributed by atoms with Gasteiger partial charge in [0.25, 0.3) is 0 Å². The zero-order chi connectivity index (χ0) is 16.8. The van der Waals surface area contributed by atoms with Gasteiger partial charge in [-0.2, -0.15) is 0 Å². The number of halogens is 2. The molecule has 0 bridgehead atoms. The second-order valence-corrected chi connectivity index (χ2v) is 5.36. The number of carbonyl (C=O) groups excluding carboxylic acids is 1. The number of para-hydroxylation sites is 1. The van der Waals surface area contributed by atoms with E-state index >= 15 is 0 Å². The maximum atomic E-state index is 14.0. The van der Waals surface area contributed by atoms with Crippen molar-refractivity contribution in [3.05, 3.63) is 58.4 Å². The van der Waals surface area contributed by atoms with Gasteiger partial charge in [-0.15, -0.1) is 0 Å². The summed E-state index contributed by atoms with van der Waals surface area (Å²) in [5, 5.41) is 0.467. The Morgan fingerprint density at radius 3 is 2.57 bits per heavy atom. The van der Waals surface area contributed by atoms with Gasteiger partial charge in [0.1, 0.15) is 12.4 Å². The molecule has 0 amide bonds. The lowest BCUT2D eigenvalue weighted by molar-refractivity contribution is -0.134. The Labute approximate surface area is 140 Å². The lowest BCUT2D eigenvalue weighted by atomic mass is 10.1. The van der Waals surface area contributed by atoms with Crippen LogP contribution in [0.5, 0.6) is 11.5 Å². The normalized spacial score (nSPS) is 10.4. The first-order valence-corrected chi connectivity index (χ1v) is 7.82. The standard InChI is InChI=1S/C18H18ClFO3/c1-3-12-9-15(20)17(10-14(12)19)22-11-13-7-5-6-8-16(13)23-18(21)4-2/h5-10H,3-4,11H2,1-2H3. The molecule has 0 heterocycles. The summed E-state index contributed by atoms with van der Waals surface area (Å²) in [7, 11) is 0. The van der Waals surface area contributed by atoms with Crippen LogP contribution in [0.1, 0.15) is 31.4 Å². The molecular formula is C18H18ClFO3. The summed E-state index contributed by atoms with van der Waals surface area (Å²) >= 11 is 6.09. The molecule has 0 saturated heterocycles. The topological polar surface area (TPSA) is 35.5 Å². The number of esters is 1. The van der Waals surface area contributed by atoms with Gasteiger partial charge in [0.05, 0.1) is 0 Å². The van der Waals surface area contributed by atoms with E-state index < -0.39 is 5.82 Å². The fourth-order valence-corrected chi connectivity index (χ4v) is 2.31. The molecule has 0 fully saturated rings. The Kier molecular flexibility index (Phi) is 5.99. The van der Waals surface area contributed by atoms with Crippen LogP contribution in [0, 0.1) is 5.82 Å². The van der Waals surface area contributed by atoms with E-state index in [1.165, 1.54) is 12.1 Å². The predicted octanol–water partition coefficient (Wildman–Crippen LogP) is 4.94. The maximum absolute atomic E-state index is 14.0. The van der Waals surface area contributed by atoms with Crippen molar-refractivity contribution in [2.24, 2.45) is 0 Å². The van der Waals surface area contributed by atoms with Crippen molar-refractivity contribution < 1.29 is 18.7 Å². The highest BCUT2D eigenvalue weighted by Crippen LogP contribution is 2.28. The summed E-state index contributed by atoms with van der Waals surface area (Å²) in [6, 6.07) is 9.84. The number of benzene rings is 2. The van der Waals surface area contributed by atoms with E-state index in [1.807, 2.05) is 6.92 Å². The van der Waals surface area contributed by atoms with E-state index in [9.17, 15) is 9.18 Å². The van der Waals surface area contributed by atoms with Crippen LogP contribution in [-0.2, 0) is 17.8 Å². The molecule has 122 valence electrons. The fourth-order valence-electron chi connectivity index (χ4n) is 2.02. The summed E-state index contributed by atoms with van der Waals surface area (Å²) in [6.07, 6.45) is 0.920. The molecule has 3 nitrogen and oxygen atoms in total. The van der Waals surface area contributed by atoms with E-state index in [2.05, 4.69) is 0 Å². The van der Waals surface area contributed by atoms with Crippen molar-refractivity contribution in [2.45, 2.75) is 33.3 Å². The van der Waals surface area contributed by atoms with Crippen LogP contribution < -0.4 is 9.47 Å². The maximum Gasteiger partial charge on any atom is 0.310 e. The van der Waals surface area contributed by atoms with Gasteiger partial charge >= 0.3 is 5.97 Å². The van der Waals surface area contributed by atoms with Crippen molar-refractivity contribution in [1.29, 1.82) is 0 Å². The zero-order valence-electron chi connectivity index (χ0n) is 13.1. The molecule has 0 aliphatic carbocycles. The molecule has 2 rings (SSSR count). The first kappa shape index (κ1) is 17.3. The van der Waals surface area contributed by atoms with Crippen molar-refractivity contribution >= 4 is 17.6 Å². The van der Waals surface area contributed by atoms with Crippen molar-refractivity contribution in [2.75, 3.05) is 0 Å². The Morgan fingerprint density at radius 2 is 1.87 bits per heavy atom. The minimum Gasteiger partial charge on any atom is -0.486 e. The Balaban J connectivity index is 2.15. The Bertz CT molecular complexity index is 701. The van der Waals surface area contributed by atoms with Crippen LogP contribution in [0.3, 0.4) is 0 Å². The molecule has 2 aromatic rings. The third-order valence-electron chi connectivity index (χ3n) is 3.35. The molecule has 2 aromatic carbocycles. The van der Waals surface area contributed by atoms with E-state index in [0.717, 1.165) is 5.56 Å². The van der Waals surface area contributed by atoms with Crippen LogP contribution in [0.25, 0.3) is 0 Å². The van der Waals surface area contributed by atoms with Gasteiger partial charge in [-0.1, -0.05) is 43.6 Å². The average Bonchev–Trinajstić information content (AvgIpc) is 2.56. The van der Waals surface area contributed by atoms with Crippen LogP contribution in [0.2, 0.25) is 5.02 Å². The molecule has 0 saturated carbocycles. The predicted molar refractivity (Wildman–Crippen MR) is 87.5 cm³/mol. The molecule has 0 atom stereocenters. The second-order valence-electron chi connectivity index (χ2n) is 4.95. The number of carbonyl (C=O) groups is 1. The quantitative estimate of drug-likeness (QED) is 0.554. The second kappa shape index (κ2) is 7.97. The molecule has 0 aromatic heterocycles. The molecule has 0 aliphatic heterocycles. The Hall–Kier alpha value is -2.07. The number of ether oxygens (including phenoxy) is 2. The molecule has 5 heteroatoms. The summed E-state index contributed by atoms with van der Waals surface area (Å²) in [5.41, 5.74) is 1.39. The smallest absolute Gasteiger partial charge is 0.310 e. The van der Waals surface area contributed by atoms with Crippen molar-refractivity contribution in [3.63, 3.8) is 0 Å². The summed E-state index contributed by atoms with van der Waals surface area (Å²) < 4.78 is 24.8. The SMILES string of the molecule is CCC(=O)Oc1ccccc1COc1cc(Cl)c(CC)cc1F. The number of rotatable bonds is 6. The zero-order valence-corrected chi connectivity index (χ0v) is 13.8. The van der Waals surface area contributed by atoms with Gasteiger partial charge in [0.2, 0.25) is 0 Å². The summed E-state index contributed by atoms with van der Waals surface area (Å²) in [6.45, 7) is 3.69. The molecule has 0 aliphatic rings. The summed E-state index contributed by atoms with van der Waals surface area (Å²) in [4.78, 5) is 11.4. The van der Waals surface area contributed by atoms with Gasteiger partial charge in [-0.25, -0.2) is 4.39 Å². The van der Waals surface area contributed by atoms with E-state index in [-0.39, 0.29) is 24.7 Å². The third-order valence-corrected chi connectivity index (χ3v) is 3.70. The van der Waals surface area contributed by atoms with E-state index in [1.54, 1.807) is 31.2 Å². The van der Waals surface area contributed by atoms with E-state index in [0.29, 0.717) is 22.8 Å². The first-order valence-electron chi connectivity index (χ1n) is 7.44. The molecular weight excluding hydrogens is 319 g/mol. The Morgan fingerprint density at radius 1 is 1.13 bits per heavy atom. The monoisotopic (exact) mass is 336 g/mol. The van der Waals surface area contributed by atoms with Gasteiger partial charge in [0.15, 0.2) is 11.6 Å². The number of hydrogen-bond acceptors (Lipinski definition) is 3. The van der Waals surface area contributed by atoms with Gasteiger partial charge in [-0.3, -0.25) is 4.79 Å². The van der Waals surface area contributed by atoms with E-state index in [4.69, 9.17) is 21.1 Å². The molecule has 0 unspecified atom stereocenters. The van der Waals surface area contributed by atoms with Crippen molar-refractivity contribution in [3.8, 4) is 11.5 Å². The average molecular weight is 337 g/mol. The third kappa shape index (κ3) is 4.45. The van der Waals surface area contributed by atoms with Gasteiger partial charge in [0, 0.05) is 23.1 Å². The highest BCUT2D eigenvalue weighted by Gasteiger charge is 2.12. The largest absolute Gasteiger partial charge is 0.486 e. The molecule has 23 heavy (non-hydrogen) atoms. The molecule has 0 N–H and O–H groups in total. The number of aryl methyl sites for hydroxylation is 1. The lowest BCUT2D eigenvalue weighted by Crippen LogP contribution is -2.08. The summed E-state index contributed by atoms with van der Waals surface area (Å²) in [5.74, 6) is -0.312. The lowest BCUT2D eigenvalue weighted by Gasteiger charge is -2.12. The number of hydrogen-bond donors (Lipinski definition) is 0. The first-order chi connectivity index (χ1) is 11.0. The van der Waals surface area contributed by atoms with Crippen molar-refractivity contribution in [1.82, 2.24) is 0 Å². The van der Waals surface area contributed by atoms with Gasteiger partial charge < -0.3 is 9.47 Å². The van der Waals surface area contributed by atoms with Gasteiger partial charge in [-0.05, 0) is 24.1 Å². The minimum atomic E-state index is -0.464. The highest BCUT2D eigenvalue weighted by molar-refractivity contribution is 6.31.